The molecule has 2 aliphatic heterocycles. The fourth-order valence-electron chi connectivity index (χ4n) is 4.04. The molecule has 0 radical (unpaired) electrons. The summed E-state index contributed by atoms with van der Waals surface area (Å²) >= 11 is 5.88. The van der Waals surface area contributed by atoms with Gasteiger partial charge < -0.3 is 9.63 Å². The Hall–Kier alpha value is -2.23. The summed E-state index contributed by atoms with van der Waals surface area (Å²) < 4.78 is 33.3. The van der Waals surface area contributed by atoms with E-state index in [0.29, 0.717) is 23.2 Å². The summed E-state index contributed by atoms with van der Waals surface area (Å²) in [6, 6.07) is 4.52. The summed E-state index contributed by atoms with van der Waals surface area (Å²) in [5.41, 5.74) is 0.0784. The van der Waals surface area contributed by atoms with E-state index in [1.807, 2.05) is 0 Å². The molecule has 8 nitrogen and oxygen atoms in total. The first-order chi connectivity index (χ1) is 13.3. The van der Waals surface area contributed by atoms with Crippen molar-refractivity contribution >= 4 is 27.4 Å². The number of sulfonamides is 1. The molecular formula is C18H18ClN3O5S. The van der Waals surface area contributed by atoms with Crippen molar-refractivity contribution in [2.75, 3.05) is 0 Å². The molecule has 0 spiro atoms. The number of fused-ring (bicyclic) bond motifs is 2. The highest BCUT2D eigenvalue weighted by molar-refractivity contribution is 7.89. The Morgan fingerprint density at radius 3 is 2.61 bits per heavy atom. The van der Waals surface area contributed by atoms with E-state index in [-0.39, 0.29) is 35.0 Å². The quantitative estimate of drug-likeness (QED) is 0.596. The molecule has 2 aromatic rings. The van der Waals surface area contributed by atoms with Crippen molar-refractivity contribution in [2.45, 2.75) is 49.1 Å². The van der Waals surface area contributed by atoms with Gasteiger partial charge in [-0.15, -0.1) is 0 Å². The molecule has 0 saturated carbocycles. The van der Waals surface area contributed by atoms with E-state index in [1.54, 1.807) is 6.92 Å². The number of aliphatic hydroxyl groups excluding tert-OH is 1. The molecule has 0 amide bonds. The van der Waals surface area contributed by atoms with Crippen molar-refractivity contribution in [3.8, 4) is 0 Å². The number of benzene rings is 1. The average Bonchev–Trinajstić information content (AvgIpc) is 3.08. The van der Waals surface area contributed by atoms with Crippen molar-refractivity contribution < 1.29 is 22.8 Å². The van der Waals surface area contributed by atoms with Crippen LogP contribution in [-0.4, -0.2) is 45.8 Å². The van der Waals surface area contributed by atoms with Gasteiger partial charge in [-0.2, -0.15) is 9.29 Å². The molecule has 4 rings (SSSR count). The molecule has 1 aromatic heterocycles. The van der Waals surface area contributed by atoms with Gasteiger partial charge in [0.1, 0.15) is 0 Å². The van der Waals surface area contributed by atoms with Crippen LogP contribution in [-0.2, 0) is 14.8 Å². The summed E-state index contributed by atoms with van der Waals surface area (Å²) in [7, 11) is -3.90. The van der Waals surface area contributed by atoms with Gasteiger partial charge in [-0.3, -0.25) is 4.79 Å². The zero-order valence-electron chi connectivity index (χ0n) is 14.9. The van der Waals surface area contributed by atoms with E-state index in [4.69, 9.17) is 16.1 Å². The van der Waals surface area contributed by atoms with Crippen LogP contribution in [0.2, 0.25) is 5.02 Å². The lowest BCUT2D eigenvalue weighted by atomic mass is 9.77. The minimum Gasteiger partial charge on any atom is -0.515 e. The zero-order valence-corrected chi connectivity index (χ0v) is 16.5. The lowest BCUT2D eigenvalue weighted by Gasteiger charge is -2.46. The number of rotatable bonds is 3. The minimum atomic E-state index is -3.90. The third kappa shape index (κ3) is 3.13. The highest BCUT2D eigenvalue weighted by Crippen LogP contribution is 2.44. The van der Waals surface area contributed by atoms with Crippen LogP contribution in [0.3, 0.4) is 0 Å². The van der Waals surface area contributed by atoms with E-state index < -0.39 is 22.1 Å². The van der Waals surface area contributed by atoms with Crippen LogP contribution in [0.1, 0.15) is 36.9 Å². The standard InChI is InChI=1S/C18H18ClN3O5S/c1-10-20-18(27-21-10)11-6-13-8-17(24)15(9-23)16(7-11)22(13)28(25,26)14-4-2-12(19)3-5-14/h2-5,9,11,13,16,23H,6-8H2,1H3/b15-9+. The van der Waals surface area contributed by atoms with Crippen molar-refractivity contribution in [1.29, 1.82) is 0 Å². The SMILES string of the molecule is Cc1noc(C2CC3CC(=O)/C(=C/O)C(C2)N3S(=O)(=O)c2ccc(Cl)cc2)n1. The Morgan fingerprint density at radius 1 is 1.29 bits per heavy atom. The molecule has 2 saturated heterocycles. The number of piperidine rings is 2. The van der Waals surface area contributed by atoms with Gasteiger partial charge in [-0.1, -0.05) is 16.8 Å². The van der Waals surface area contributed by atoms with Gasteiger partial charge in [0.15, 0.2) is 11.6 Å². The maximum Gasteiger partial charge on any atom is 0.243 e. The van der Waals surface area contributed by atoms with Crippen LogP contribution >= 0.6 is 11.6 Å². The molecule has 1 aromatic carbocycles. The van der Waals surface area contributed by atoms with Gasteiger partial charge >= 0.3 is 0 Å². The number of carbonyl (C=O) groups excluding carboxylic acids is 1. The number of nitrogens with zero attached hydrogens (tertiary/aromatic N) is 3. The number of halogens is 1. The number of aryl methyl sites for hydroxylation is 1. The molecule has 28 heavy (non-hydrogen) atoms. The van der Waals surface area contributed by atoms with E-state index in [9.17, 15) is 18.3 Å². The zero-order chi connectivity index (χ0) is 20.1. The fourth-order valence-corrected chi connectivity index (χ4v) is 5.98. The van der Waals surface area contributed by atoms with Gasteiger partial charge in [0, 0.05) is 29.0 Å². The number of carbonyl (C=O) groups is 1. The highest BCUT2D eigenvalue weighted by atomic mass is 35.5. The number of hydrogen-bond acceptors (Lipinski definition) is 7. The van der Waals surface area contributed by atoms with E-state index in [2.05, 4.69) is 10.1 Å². The molecule has 1 N–H and O–H groups in total. The van der Waals surface area contributed by atoms with Gasteiger partial charge in [0.05, 0.1) is 17.2 Å². The van der Waals surface area contributed by atoms with Gasteiger partial charge in [0.2, 0.25) is 15.9 Å². The van der Waals surface area contributed by atoms with Crippen molar-refractivity contribution in [1.82, 2.24) is 14.4 Å². The van der Waals surface area contributed by atoms with Crippen LogP contribution in [0.4, 0.5) is 0 Å². The summed E-state index contributed by atoms with van der Waals surface area (Å²) in [6.45, 7) is 1.70. The maximum absolute atomic E-state index is 13.3. The molecule has 3 unspecified atom stereocenters. The number of Topliss-reactive ketones (excluding diaryl/α,β-unsaturated/α-hetero) is 1. The number of aliphatic hydroxyl groups is 1. The Kier molecular flexibility index (Phi) is 4.76. The van der Waals surface area contributed by atoms with Crippen LogP contribution in [0.15, 0.2) is 45.5 Å². The molecular weight excluding hydrogens is 406 g/mol. The third-order valence-electron chi connectivity index (χ3n) is 5.25. The van der Waals surface area contributed by atoms with Crippen LogP contribution in [0.5, 0.6) is 0 Å². The van der Waals surface area contributed by atoms with Gasteiger partial charge in [0.25, 0.3) is 0 Å². The monoisotopic (exact) mass is 423 g/mol. The first-order valence-electron chi connectivity index (χ1n) is 8.78. The predicted octanol–water partition coefficient (Wildman–Crippen LogP) is 2.75. The Balaban J connectivity index is 1.75. The van der Waals surface area contributed by atoms with Crippen LogP contribution in [0, 0.1) is 6.92 Å². The average molecular weight is 424 g/mol. The molecule has 148 valence electrons. The predicted molar refractivity (Wildman–Crippen MR) is 99.4 cm³/mol. The Labute approximate surface area is 166 Å². The van der Waals surface area contributed by atoms with Crippen molar-refractivity contribution in [3.63, 3.8) is 0 Å². The number of ketones is 1. The lowest BCUT2D eigenvalue weighted by Crippen LogP contribution is -2.57. The smallest absolute Gasteiger partial charge is 0.243 e. The first kappa shape index (κ1) is 19.1. The number of hydrogen-bond donors (Lipinski definition) is 1. The lowest BCUT2D eigenvalue weighted by molar-refractivity contribution is -0.119. The van der Waals surface area contributed by atoms with Crippen molar-refractivity contribution in [3.05, 3.63) is 52.8 Å². The second kappa shape index (κ2) is 6.98. The minimum absolute atomic E-state index is 0.0146. The summed E-state index contributed by atoms with van der Waals surface area (Å²) in [6.07, 6.45) is 1.35. The normalized spacial score (nSPS) is 27.3. The first-order valence-corrected chi connectivity index (χ1v) is 10.6. The maximum atomic E-state index is 13.3. The summed E-state index contributed by atoms with van der Waals surface area (Å²) in [5.74, 6) is 0.462. The molecule has 0 aliphatic carbocycles. The number of aromatic nitrogens is 2. The second-order valence-corrected chi connectivity index (χ2v) is 9.30. The molecule has 3 atom stereocenters. The Morgan fingerprint density at radius 2 is 2.00 bits per heavy atom. The molecule has 2 bridgehead atoms. The molecule has 2 aliphatic rings. The Bertz CT molecular complexity index is 1050. The van der Waals surface area contributed by atoms with Gasteiger partial charge in [-0.05, 0) is 44.0 Å². The van der Waals surface area contributed by atoms with E-state index in [0.717, 1.165) is 6.26 Å². The van der Waals surface area contributed by atoms with Crippen LogP contribution < -0.4 is 0 Å². The third-order valence-corrected chi connectivity index (χ3v) is 7.48. The fraction of sp³-hybridized carbons (Fsp3) is 0.389. The molecule has 10 heteroatoms. The largest absolute Gasteiger partial charge is 0.515 e. The highest BCUT2D eigenvalue weighted by Gasteiger charge is 2.51. The van der Waals surface area contributed by atoms with E-state index in [1.165, 1.54) is 28.6 Å². The van der Waals surface area contributed by atoms with Crippen LogP contribution in [0.25, 0.3) is 0 Å². The van der Waals surface area contributed by atoms with E-state index >= 15 is 0 Å². The molecule has 2 fully saturated rings. The summed E-state index contributed by atoms with van der Waals surface area (Å²) in [4.78, 5) is 16.8. The van der Waals surface area contributed by atoms with Gasteiger partial charge in [-0.25, -0.2) is 8.42 Å². The molecule has 3 heterocycles. The second-order valence-electron chi connectivity index (χ2n) is 7.02. The summed E-state index contributed by atoms with van der Waals surface area (Å²) in [5, 5.41) is 13.9. The van der Waals surface area contributed by atoms with Crippen molar-refractivity contribution in [2.24, 2.45) is 0 Å². The topological polar surface area (TPSA) is 114 Å².